The Morgan fingerprint density at radius 2 is 2.58 bits per heavy atom. The van der Waals surface area contributed by atoms with Crippen molar-refractivity contribution in [3.8, 4) is 0 Å². The van der Waals surface area contributed by atoms with Crippen LogP contribution in [0.25, 0.3) is 0 Å². The van der Waals surface area contributed by atoms with Crippen molar-refractivity contribution in [2.24, 2.45) is 0 Å². The Hall–Kier alpha value is -1.32. The van der Waals surface area contributed by atoms with Crippen molar-refractivity contribution in [3.63, 3.8) is 0 Å². The molecule has 1 aliphatic heterocycles. The molecule has 4 nitrogen and oxygen atoms in total. The summed E-state index contributed by atoms with van der Waals surface area (Å²) in [6, 6.07) is 1.90. The maximum Gasteiger partial charge on any atom is 0.220 e. The van der Waals surface area contributed by atoms with Crippen molar-refractivity contribution in [1.29, 1.82) is 0 Å². The highest BCUT2D eigenvalue weighted by Crippen LogP contribution is 2.23. The van der Waals surface area contributed by atoms with Gasteiger partial charge < -0.3 is 9.84 Å². The minimum absolute atomic E-state index is 0.0405. The standard InChI is InChI=1S/C8H10N2O2/c1-5-4-7(12-10-5)6-2-3-8(11)9-6/h4,6H,2-3H2,1H3,(H,9,11)/t6-/m0/s1. The number of hydrogen-bond donors (Lipinski definition) is 1. The second kappa shape index (κ2) is 2.62. The first-order chi connectivity index (χ1) is 5.75. The van der Waals surface area contributed by atoms with Gasteiger partial charge in [0.1, 0.15) is 0 Å². The van der Waals surface area contributed by atoms with Crippen LogP contribution in [0.3, 0.4) is 0 Å². The van der Waals surface area contributed by atoms with Gasteiger partial charge in [0.15, 0.2) is 5.76 Å². The summed E-state index contributed by atoms with van der Waals surface area (Å²) in [5.41, 5.74) is 0.853. The summed E-state index contributed by atoms with van der Waals surface area (Å²) < 4.78 is 5.03. The average molecular weight is 166 g/mol. The number of rotatable bonds is 1. The number of nitrogens with one attached hydrogen (secondary N) is 1. The minimum Gasteiger partial charge on any atom is -0.359 e. The molecule has 0 radical (unpaired) electrons. The second-order valence-electron chi connectivity index (χ2n) is 3.03. The summed E-state index contributed by atoms with van der Waals surface area (Å²) in [7, 11) is 0. The van der Waals surface area contributed by atoms with Crippen LogP contribution in [0.4, 0.5) is 0 Å². The molecular weight excluding hydrogens is 156 g/mol. The zero-order valence-electron chi connectivity index (χ0n) is 6.83. The fraction of sp³-hybridized carbons (Fsp3) is 0.500. The van der Waals surface area contributed by atoms with E-state index in [1.807, 2.05) is 13.0 Å². The third-order valence-electron chi connectivity index (χ3n) is 1.98. The number of carbonyl (C=O) groups excluding carboxylic acids is 1. The molecule has 1 amide bonds. The van der Waals surface area contributed by atoms with Gasteiger partial charge >= 0.3 is 0 Å². The highest BCUT2D eigenvalue weighted by Gasteiger charge is 2.25. The summed E-state index contributed by atoms with van der Waals surface area (Å²) >= 11 is 0. The molecule has 0 saturated carbocycles. The van der Waals surface area contributed by atoms with E-state index in [2.05, 4.69) is 10.5 Å². The van der Waals surface area contributed by atoms with E-state index in [0.29, 0.717) is 6.42 Å². The normalized spacial score (nSPS) is 22.8. The molecule has 64 valence electrons. The Kier molecular flexibility index (Phi) is 1.60. The van der Waals surface area contributed by atoms with Crippen LogP contribution in [-0.2, 0) is 4.79 Å². The molecule has 1 fully saturated rings. The monoisotopic (exact) mass is 166 g/mol. The van der Waals surface area contributed by atoms with E-state index in [-0.39, 0.29) is 11.9 Å². The van der Waals surface area contributed by atoms with Gasteiger partial charge in [0.05, 0.1) is 11.7 Å². The largest absolute Gasteiger partial charge is 0.359 e. The van der Waals surface area contributed by atoms with Gasteiger partial charge in [0, 0.05) is 12.5 Å². The molecule has 2 heterocycles. The van der Waals surface area contributed by atoms with E-state index in [1.165, 1.54) is 0 Å². The zero-order chi connectivity index (χ0) is 8.55. The molecule has 1 aromatic heterocycles. The highest BCUT2D eigenvalue weighted by atomic mass is 16.5. The topological polar surface area (TPSA) is 55.1 Å². The second-order valence-corrected chi connectivity index (χ2v) is 3.03. The molecule has 2 rings (SSSR count). The van der Waals surface area contributed by atoms with E-state index in [9.17, 15) is 4.79 Å². The van der Waals surface area contributed by atoms with Gasteiger partial charge in [-0.2, -0.15) is 0 Å². The first-order valence-corrected chi connectivity index (χ1v) is 3.98. The molecule has 1 aromatic rings. The predicted octanol–water partition coefficient (Wildman–Crippen LogP) is 0.934. The molecule has 1 saturated heterocycles. The van der Waals surface area contributed by atoms with E-state index in [1.54, 1.807) is 0 Å². The smallest absolute Gasteiger partial charge is 0.220 e. The summed E-state index contributed by atoms with van der Waals surface area (Å²) in [6.07, 6.45) is 1.40. The van der Waals surface area contributed by atoms with Gasteiger partial charge in [-0.15, -0.1) is 0 Å². The molecule has 0 spiro atoms. The average Bonchev–Trinajstić information content (AvgIpc) is 2.58. The van der Waals surface area contributed by atoms with Crippen molar-refractivity contribution in [2.45, 2.75) is 25.8 Å². The third kappa shape index (κ3) is 1.20. The van der Waals surface area contributed by atoms with E-state index in [4.69, 9.17) is 4.52 Å². The number of carbonyl (C=O) groups is 1. The number of aromatic nitrogens is 1. The van der Waals surface area contributed by atoms with Crippen molar-refractivity contribution in [2.75, 3.05) is 0 Å². The molecule has 0 unspecified atom stereocenters. The number of hydrogen-bond acceptors (Lipinski definition) is 3. The lowest BCUT2D eigenvalue weighted by atomic mass is 10.2. The maximum atomic E-state index is 10.9. The fourth-order valence-electron chi connectivity index (χ4n) is 1.37. The first kappa shape index (κ1) is 7.34. The lowest BCUT2D eigenvalue weighted by molar-refractivity contribution is -0.119. The van der Waals surface area contributed by atoms with Gasteiger partial charge in [-0.3, -0.25) is 4.79 Å². The molecule has 1 atom stereocenters. The van der Waals surface area contributed by atoms with E-state index in [0.717, 1.165) is 17.9 Å². The summed E-state index contributed by atoms with van der Waals surface area (Å²) in [5.74, 6) is 0.854. The van der Waals surface area contributed by atoms with E-state index < -0.39 is 0 Å². The van der Waals surface area contributed by atoms with E-state index >= 15 is 0 Å². The fourth-order valence-corrected chi connectivity index (χ4v) is 1.37. The van der Waals surface area contributed by atoms with Gasteiger partial charge in [-0.25, -0.2) is 0 Å². The molecule has 0 bridgehead atoms. The SMILES string of the molecule is Cc1cc([C@@H]2CCC(=O)N2)on1. The zero-order valence-corrected chi connectivity index (χ0v) is 6.83. The van der Waals surface area contributed by atoms with Crippen LogP contribution >= 0.6 is 0 Å². The predicted molar refractivity (Wildman–Crippen MR) is 41.4 cm³/mol. The number of aryl methyl sites for hydroxylation is 1. The van der Waals surface area contributed by atoms with Gasteiger partial charge in [0.25, 0.3) is 0 Å². The van der Waals surface area contributed by atoms with Crippen LogP contribution in [0.15, 0.2) is 10.6 Å². The molecule has 0 aliphatic carbocycles. The number of amides is 1. The van der Waals surface area contributed by atoms with Crippen molar-refractivity contribution in [1.82, 2.24) is 10.5 Å². The summed E-state index contributed by atoms with van der Waals surface area (Å²) in [6.45, 7) is 1.86. The van der Waals surface area contributed by atoms with Crippen LogP contribution in [-0.4, -0.2) is 11.1 Å². The van der Waals surface area contributed by atoms with Crippen molar-refractivity contribution >= 4 is 5.91 Å². The Morgan fingerprint density at radius 1 is 1.75 bits per heavy atom. The lowest BCUT2D eigenvalue weighted by Crippen LogP contribution is -2.17. The lowest BCUT2D eigenvalue weighted by Gasteiger charge is -2.02. The molecular formula is C8H10N2O2. The minimum atomic E-state index is 0.0405. The van der Waals surface area contributed by atoms with Crippen LogP contribution in [0.1, 0.15) is 30.3 Å². The van der Waals surface area contributed by atoms with Crippen LogP contribution in [0, 0.1) is 6.92 Å². The molecule has 12 heavy (non-hydrogen) atoms. The Morgan fingerprint density at radius 3 is 3.08 bits per heavy atom. The summed E-state index contributed by atoms with van der Waals surface area (Å²) in [5, 5.41) is 6.57. The summed E-state index contributed by atoms with van der Waals surface area (Å²) in [4.78, 5) is 10.9. The third-order valence-corrected chi connectivity index (χ3v) is 1.98. The van der Waals surface area contributed by atoms with Crippen molar-refractivity contribution < 1.29 is 9.32 Å². The van der Waals surface area contributed by atoms with Crippen LogP contribution < -0.4 is 5.32 Å². The highest BCUT2D eigenvalue weighted by molar-refractivity contribution is 5.78. The molecule has 1 N–H and O–H groups in total. The molecule has 0 aromatic carbocycles. The first-order valence-electron chi connectivity index (χ1n) is 3.98. The number of nitrogens with zero attached hydrogens (tertiary/aromatic N) is 1. The van der Waals surface area contributed by atoms with Gasteiger partial charge in [0.2, 0.25) is 5.91 Å². The van der Waals surface area contributed by atoms with Crippen LogP contribution in [0.5, 0.6) is 0 Å². The Balaban J connectivity index is 2.15. The van der Waals surface area contributed by atoms with Gasteiger partial charge in [-0.1, -0.05) is 5.16 Å². The van der Waals surface area contributed by atoms with Gasteiger partial charge in [-0.05, 0) is 13.3 Å². The molecule has 1 aliphatic rings. The Bertz CT molecular complexity index is 306. The van der Waals surface area contributed by atoms with Crippen molar-refractivity contribution in [3.05, 3.63) is 17.5 Å². The Labute approximate surface area is 69.9 Å². The quantitative estimate of drug-likeness (QED) is 0.675. The maximum absolute atomic E-state index is 10.9. The van der Waals surface area contributed by atoms with Crippen LogP contribution in [0.2, 0.25) is 0 Å². The molecule has 4 heteroatoms.